The lowest BCUT2D eigenvalue weighted by atomic mass is 9.97. The third kappa shape index (κ3) is 5.09. The van der Waals surface area contributed by atoms with Crippen LogP contribution in [0.1, 0.15) is 23.2 Å². The van der Waals surface area contributed by atoms with Crippen LogP contribution in [-0.4, -0.2) is 88.4 Å². The van der Waals surface area contributed by atoms with E-state index >= 15 is 0 Å². The smallest absolute Gasteiger partial charge is 0.340 e. The number of benzene rings is 1. The Morgan fingerprint density at radius 2 is 1.97 bits per heavy atom. The van der Waals surface area contributed by atoms with Crippen molar-refractivity contribution in [3.05, 3.63) is 48.0 Å². The number of ether oxygens (including phenoxy) is 1. The van der Waals surface area contributed by atoms with E-state index in [0.717, 1.165) is 64.3 Å². The maximum atomic E-state index is 14.1. The normalized spacial score (nSPS) is 18.6. The Morgan fingerprint density at radius 1 is 1.13 bits per heavy atom. The number of halogens is 1. The lowest BCUT2D eigenvalue weighted by molar-refractivity contribution is 0.0595. The Bertz CT molecular complexity index is 1470. The molecule has 4 aromatic rings. The lowest BCUT2D eigenvalue weighted by Crippen LogP contribution is -2.50. The van der Waals surface area contributed by atoms with E-state index in [-0.39, 0.29) is 11.5 Å². The van der Waals surface area contributed by atoms with Gasteiger partial charge < -0.3 is 24.7 Å². The molecule has 1 atom stereocenters. The maximum absolute atomic E-state index is 14.1. The summed E-state index contributed by atoms with van der Waals surface area (Å²) in [5.74, 6) is 1.36. The van der Waals surface area contributed by atoms with Gasteiger partial charge in [-0.3, -0.25) is 4.90 Å². The molecule has 2 N–H and O–H groups in total. The number of esters is 1. The minimum absolute atomic E-state index is 0.0379. The number of aromatic nitrogens is 5. The van der Waals surface area contributed by atoms with Crippen molar-refractivity contribution >= 4 is 29.3 Å². The molecule has 0 saturated carbocycles. The van der Waals surface area contributed by atoms with Crippen molar-refractivity contribution < 1.29 is 18.3 Å². The number of nitrogens with two attached hydrogens (primary N) is 1. The molecule has 0 unspecified atom stereocenters. The number of piperazine rings is 1. The van der Waals surface area contributed by atoms with Gasteiger partial charge >= 0.3 is 5.97 Å². The maximum Gasteiger partial charge on any atom is 0.340 e. The molecule has 5 heterocycles. The summed E-state index contributed by atoms with van der Waals surface area (Å²) in [5, 5.41) is 4.37. The van der Waals surface area contributed by atoms with E-state index in [0.29, 0.717) is 29.2 Å². The molecule has 0 amide bonds. The number of carbonyl (C=O) groups excluding carboxylic acids is 1. The zero-order valence-corrected chi connectivity index (χ0v) is 21.7. The van der Waals surface area contributed by atoms with Crippen LogP contribution in [-0.2, 0) is 4.74 Å². The van der Waals surface area contributed by atoms with Gasteiger partial charge in [-0.25, -0.2) is 9.18 Å². The quantitative estimate of drug-likeness (QED) is 0.365. The van der Waals surface area contributed by atoms with Crippen molar-refractivity contribution in [3.63, 3.8) is 0 Å². The molecule has 39 heavy (non-hydrogen) atoms. The molecule has 2 saturated heterocycles. The Kier molecular flexibility index (Phi) is 6.73. The van der Waals surface area contributed by atoms with Crippen molar-refractivity contribution in [2.24, 2.45) is 5.92 Å². The third-order valence-corrected chi connectivity index (χ3v) is 7.37. The zero-order chi connectivity index (χ0) is 26.9. The van der Waals surface area contributed by atoms with Crippen LogP contribution in [0.3, 0.4) is 0 Å². The summed E-state index contributed by atoms with van der Waals surface area (Å²) < 4.78 is 25.6. The first kappa shape index (κ1) is 25.0. The number of carbonyl (C=O) groups is 1. The van der Waals surface area contributed by atoms with Crippen molar-refractivity contribution in [1.29, 1.82) is 0 Å². The summed E-state index contributed by atoms with van der Waals surface area (Å²) in [5.41, 5.74) is 7.00. The van der Waals surface area contributed by atoms with Gasteiger partial charge in [0.1, 0.15) is 5.82 Å². The molecule has 13 heteroatoms. The van der Waals surface area contributed by atoms with Gasteiger partial charge in [-0.15, -0.1) is 5.10 Å². The van der Waals surface area contributed by atoms with E-state index < -0.39 is 11.8 Å². The monoisotopic (exact) mass is 535 g/mol. The number of fused-ring (bicyclic) bond motifs is 1. The van der Waals surface area contributed by atoms with Crippen LogP contribution >= 0.6 is 0 Å². The summed E-state index contributed by atoms with van der Waals surface area (Å²) in [6.45, 7) is 6.00. The molecule has 6 rings (SSSR count). The first-order chi connectivity index (χ1) is 19.0. The van der Waals surface area contributed by atoms with Crippen LogP contribution in [0.15, 0.2) is 41.0 Å². The molecule has 12 nitrogen and oxygen atoms in total. The molecular weight excluding hydrogens is 505 g/mol. The molecule has 3 aromatic heterocycles. The van der Waals surface area contributed by atoms with Crippen molar-refractivity contribution in [2.75, 3.05) is 68.5 Å². The van der Waals surface area contributed by atoms with Gasteiger partial charge in [-0.05, 0) is 49.1 Å². The van der Waals surface area contributed by atoms with Crippen LogP contribution in [0.2, 0.25) is 0 Å². The molecule has 0 bridgehead atoms. The van der Waals surface area contributed by atoms with E-state index in [1.165, 1.54) is 17.7 Å². The van der Waals surface area contributed by atoms with E-state index in [9.17, 15) is 9.18 Å². The number of piperidine rings is 1. The summed E-state index contributed by atoms with van der Waals surface area (Å²) in [6.07, 6.45) is 3.73. The lowest BCUT2D eigenvalue weighted by Gasteiger charge is -2.40. The number of hydrogen-bond acceptors (Lipinski definition) is 11. The van der Waals surface area contributed by atoms with Crippen molar-refractivity contribution in [3.8, 4) is 11.6 Å². The predicted molar refractivity (Wildman–Crippen MR) is 142 cm³/mol. The van der Waals surface area contributed by atoms with Crippen molar-refractivity contribution in [1.82, 2.24) is 29.5 Å². The molecular formula is C26H30FN9O3. The van der Waals surface area contributed by atoms with Gasteiger partial charge in [-0.1, -0.05) is 0 Å². The molecule has 0 aliphatic carbocycles. The zero-order valence-electron chi connectivity index (χ0n) is 21.7. The van der Waals surface area contributed by atoms with E-state index in [1.807, 2.05) is 0 Å². The van der Waals surface area contributed by atoms with Crippen LogP contribution < -0.4 is 15.5 Å². The first-order valence-corrected chi connectivity index (χ1v) is 13.0. The second-order valence-corrected chi connectivity index (χ2v) is 9.90. The molecule has 0 spiro atoms. The molecule has 1 aromatic carbocycles. The number of furan rings is 1. The fourth-order valence-electron chi connectivity index (χ4n) is 5.37. The highest BCUT2D eigenvalue weighted by Crippen LogP contribution is 2.25. The summed E-state index contributed by atoms with van der Waals surface area (Å²) in [6, 6.07) is 8.18. The summed E-state index contributed by atoms with van der Waals surface area (Å²) in [7, 11) is 1.26. The van der Waals surface area contributed by atoms with Gasteiger partial charge in [0.25, 0.3) is 5.78 Å². The van der Waals surface area contributed by atoms with Crippen LogP contribution in [0.4, 0.5) is 22.0 Å². The minimum atomic E-state index is -0.665. The fourth-order valence-corrected chi connectivity index (χ4v) is 5.37. The number of nitrogen functional groups attached to an aromatic ring is 1. The minimum Gasteiger partial charge on any atom is -0.465 e. The summed E-state index contributed by atoms with van der Waals surface area (Å²) in [4.78, 5) is 32.3. The topological polar surface area (TPSA) is 131 Å². The SMILES string of the molecule is COC(=O)c1cc(N2CCN(C[C@@H]3CCCN(c4nc(N)n5nc(-c6ccco6)nc5n4)C3)CC2)ccc1F. The highest BCUT2D eigenvalue weighted by molar-refractivity contribution is 5.90. The Hall–Kier alpha value is -4.26. The Morgan fingerprint density at radius 3 is 2.74 bits per heavy atom. The number of rotatable bonds is 6. The second-order valence-electron chi connectivity index (χ2n) is 9.90. The van der Waals surface area contributed by atoms with Gasteiger partial charge in [-0.2, -0.15) is 19.5 Å². The van der Waals surface area contributed by atoms with Gasteiger partial charge in [0, 0.05) is 51.5 Å². The largest absolute Gasteiger partial charge is 0.465 e. The first-order valence-electron chi connectivity index (χ1n) is 13.0. The second kappa shape index (κ2) is 10.5. The van der Waals surface area contributed by atoms with Gasteiger partial charge in [0.2, 0.25) is 17.7 Å². The third-order valence-electron chi connectivity index (χ3n) is 7.37. The Balaban J connectivity index is 1.08. The predicted octanol–water partition coefficient (Wildman–Crippen LogP) is 2.33. The number of hydrogen-bond donors (Lipinski definition) is 1. The molecule has 2 aliphatic rings. The van der Waals surface area contributed by atoms with E-state index in [2.05, 4.69) is 34.8 Å². The van der Waals surface area contributed by atoms with E-state index in [4.69, 9.17) is 14.9 Å². The van der Waals surface area contributed by atoms with E-state index in [1.54, 1.807) is 30.5 Å². The van der Waals surface area contributed by atoms with Crippen molar-refractivity contribution in [2.45, 2.75) is 12.8 Å². The van der Waals surface area contributed by atoms with Crippen LogP contribution in [0, 0.1) is 11.7 Å². The highest BCUT2D eigenvalue weighted by Gasteiger charge is 2.27. The summed E-state index contributed by atoms with van der Waals surface area (Å²) >= 11 is 0. The average molecular weight is 536 g/mol. The average Bonchev–Trinajstić information content (AvgIpc) is 3.64. The molecule has 2 aliphatic heterocycles. The Labute approximate surface area is 224 Å². The van der Waals surface area contributed by atoms with Crippen LogP contribution in [0.5, 0.6) is 0 Å². The van der Waals surface area contributed by atoms with Gasteiger partial charge in [0.15, 0.2) is 5.76 Å². The number of nitrogens with zero attached hydrogens (tertiary/aromatic N) is 8. The highest BCUT2D eigenvalue weighted by atomic mass is 19.1. The number of anilines is 3. The molecule has 0 radical (unpaired) electrons. The standard InChI is InChI=1S/C26H30FN9O3/c1-38-23(37)19-14-18(6-7-20(19)27)34-11-9-33(10-12-34)15-17-4-2-8-35(16-17)25-30-24(28)36-26(31-25)29-22(32-36)21-5-3-13-39-21/h3,5-7,13-14,17H,2,4,8-12,15-16H2,1H3,(H2,28,29,30,31,32)/t17-/m0/s1. The van der Waals surface area contributed by atoms with Gasteiger partial charge in [0.05, 0.1) is 18.9 Å². The van der Waals surface area contributed by atoms with Crippen LogP contribution in [0.25, 0.3) is 17.4 Å². The molecule has 2 fully saturated rings. The molecule has 204 valence electrons. The fraction of sp³-hybridized carbons (Fsp3) is 0.423. The number of methoxy groups -OCH3 is 1.